The molecule has 0 saturated heterocycles. The summed E-state index contributed by atoms with van der Waals surface area (Å²) in [6, 6.07) is 5.25. The molecule has 1 heterocycles. The average Bonchev–Trinajstić information content (AvgIpc) is 2.76. The zero-order valence-electron chi connectivity index (χ0n) is 10.0. The fraction of sp³-hybridized carbons (Fsp3) is 0.182. The molecule has 0 fully saturated rings. The highest BCUT2D eigenvalue weighted by atomic mass is 79.9. The number of carbonyl (C=O) groups excluding carboxylic acids is 1. The number of benzene rings is 1. The van der Waals surface area contributed by atoms with Gasteiger partial charge in [-0.1, -0.05) is 23.1 Å². The van der Waals surface area contributed by atoms with E-state index in [1.807, 2.05) is 6.92 Å². The summed E-state index contributed by atoms with van der Waals surface area (Å²) < 4.78 is 1.56. The van der Waals surface area contributed by atoms with Crippen LogP contribution in [0.15, 0.2) is 27.0 Å². The number of amides is 1. The molecule has 0 aliphatic heterocycles. The van der Waals surface area contributed by atoms with Gasteiger partial charge in [0.25, 0.3) is 0 Å². The lowest BCUT2D eigenvalue weighted by Gasteiger charge is -2.07. The summed E-state index contributed by atoms with van der Waals surface area (Å²) in [5.74, 6) is 0.203. The molecule has 0 aliphatic rings. The minimum absolute atomic E-state index is 0.0941. The number of hydrogen-bond donors (Lipinski definition) is 2. The Bertz CT molecular complexity index is 602. The molecule has 1 amide bonds. The number of halogens is 1. The molecular formula is C11H11BrN4OS2. The molecular weight excluding hydrogens is 348 g/mol. The van der Waals surface area contributed by atoms with Gasteiger partial charge < -0.3 is 11.1 Å². The smallest absolute Gasteiger partial charge is 0.234 e. The van der Waals surface area contributed by atoms with E-state index in [2.05, 4.69) is 31.4 Å². The predicted molar refractivity (Wildman–Crippen MR) is 82.6 cm³/mol. The number of nitrogens with two attached hydrogens (primary N) is 1. The van der Waals surface area contributed by atoms with Crippen molar-refractivity contribution in [2.75, 3.05) is 16.8 Å². The summed E-state index contributed by atoms with van der Waals surface area (Å²) >= 11 is 6.20. The van der Waals surface area contributed by atoms with Gasteiger partial charge in [-0.2, -0.15) is 0 Å². The zero-order chi connectivity index (χ0) is 13.8. The first-order valence-electron chi connectivity index (χ1n) is 5.32. The van der Waals surface area contributed by atoms with Gasteiger partial charge in [-0.3, -0.25) is 4.79 Å². The van der Waals surface area contributed by atoms with Crippen molar-refractivity contribution in [1.29, 1.82) is 0 Å². The molecule has 0 aliphatic carbocycles. The monoisotopic (exact) mass is 358 g/mol. The Kier molecular flexibility index (Phi) is 4.78. The molecule has 19 heavy (non-hydrogen) atoms. The maximum absolute atomic E-state index is 11.8. The van der Waals surface area contributed by atoms with Crippen molar-refractivity contribution in [2.45, 2.75) is 11.3 Å². The Morgan fingerprint density at radius 3 is 2.95 bits per heavy atom. The van der Waals surface area contributed by atoms with Crippen LogP contribution in [-0.2, 0) is 4.79 Å². The molecule has 0 unspecified atom stereocenters. The molecule has 1 aromatic heterocycles. The van der Waals surface area contributed by atoms with Crippen LogP contribution in [-0.4, -0.2) is 21.9 Å². The van der Waals surface area contributed by atoms with E-state index < -0.39 is 0 Å². The van der Waals surface area contributed by atoms with Crippen LogP contribution in [0.1, 0.15) is 5.01 Å². The summed E-state index contributed by atoms with van der Waals surface area (Å²) in [5.41, 5.74) is 6.98. The molecule has 0 atom stereocenters. The van der Waals surface area contributed by atoms with Gasteiger partial charge in [0.05, 0.1) is 11.4 Å². The van der Waals surface area contributed by atoms with Crippen molar-refractivity contribution in [1.82, 2.24) is 10.2 Å². The standard InChI is InChI=1S/C11H11BrN4OS2/c1-6-15-16-11(19-6)18-5-10(17)14-9-3-2-7(13)4-8(9)12/h2-4H,5,13H2,1H3,(H,14,17). The van der Waals surface area contributed by atoms with E-state index in [0.717, 1.165) is 13.8 Å². The summed E-state index contributed by atoms with van der Waals surface area (Å²) in [6.45, 7) is 1.88. The molecule has 2 rings (SSSR count). The topological polar surface area (TPSA) is 80.9 Å². The van der Waals surface area contributed by atoms with Crippen molar-refractivity contribution in [3.63, 3.8) is 0 Å². The van der Waals surface area contributed by atoms with Gasteiger partial charge in [-0.15, -0.1) is 10.2 Å². The fourth-order valence-corrected chi connectivity index (χ4v) is 3.39. The second kappa shape index (κ2) is 6.36. The van der Waals surface area contributed by atoms with Crippen molar-refractivity contribution in [3.8, 4) is 0 Å². The van der Waals surface area contributed by atoms with Gasteiger partial charge in [0.15, 0.2) is 4.34 Å². The van der Waals surface area contributed by atoms with E-state index in [-0.39, 0.29) is 5.91 Å². The number of carbonyl (C=O) groups is 1. The Balaban J connectivity index is 1.90. The maximum Gasteiger partial charge on any atom is 0.234 e. The normalized spacial score (nSPS) is 10.4. The van der Waals surface area contributed by atoms with Crippen LogP contribution in [0.4, 0.5) is 11.4 Å². The van der Waals surface area contributed by atoms with Crippen LogP contribution < -0.4 is 11.1 Å². The Morgan fingerprint density at radius 1 is 1.53 bits per heavy atom. The largest absolute Gasteiger partial charge is 0.399 e. The first kappa shape index (κ1) is 14.3. The number of aryl methyl sites for hydroxylation is 1. The number of nitrogen functional groups attached to an aromatic ring is 1. The lowest BCUT2D eigenvalue weighted by Crippen LogP contribution is -2.14. The van der Waals surface area contributed by atoms with Gasteiger partial charge in [0.2, 0.25) is 5.91 Å². The quantitative estimate of drug-likeness (QED) is 0.648. The lowest BCUT2D eigenvalue weighted by atomic mass is 10.3. The third-order valence-electron chi connectivity index (χ3n) is 2.10. The number of thioether (sulfide) groups is 1. The number of anilines is 2. The first-order chi connectivity index (χ1) is 9.04. The molecule has 0 bridgehead atoms. The van der Waals surface area contributed by atoms with Crippen LogP contribution in [0.2, 0.25) is 0 Å². The number of hydrogen-bond acceptors (Lipinski definition) is 6. The highest BCUT2D eigenvalue weighted by Crippen LogP contribution is 2.26. The van der Waals surface area contributed by atoms with E-state index in [9.17, 15) is 4.79 Å². The van der Waals surface area contributed by atoms with Crippen molar-refractivity contribution >= 4 is 56.3 Å². The zero-order valence-corrected chi connectivity index (χ0v) is 13.2. The van der Waals surface area contributed by atoms with Gasteiger partial charge in [0.1, 0.15) is 5.01 Å². The molecule has 1 aromatic carbocycles. The van der Waals surface area contributed by atoms with Gasteiger partial charge in [-0.05, 0) is 41.1 Å². The van der Waals surface area contributed by atoms with Crippen molar-refractivity contribution < 1.29 is 4.79 Å². The lowest BCUT2D eigenvalue weighted by molar-refractivity contribution is -0.113. The summed E-state index contributed by atoms with van der Waals surface area (Å²) in [5, 5.41) is 11.5. The molecule has 100 valence electrons. The van der Waals surface area contributed by atoms with Crippen molar-refractivity contribution in [2.24, 2.45) is 0 Å². The third kappa shape index (κ3) is 4.19. The maximum atomic E-state index is 11.8. The van der Waals surface area contributed by atoms with E-state index in [1.54, 1.807) is 18.2 Å². The molecule has 0 saturated carbocycles. The Morgan fingerprint density at radius 2 is 2.32 bits per heavy atom. The third-order valence-corrected chi connectivity index (χ3v) is 4.73. The Labute approximate surface area is 127 Å². The number of aromatic nitrogens is 2. The van der Waals surface area contributed by atoms with Crippen molar-refractivity contribution in [3.05, 3.63) is 27.7 Å². The van der Waals surface area contributed by atoms with E-state index >= 15 is 0 Å². The molecule has 0 radical (unpaired) electrons. The van der Waals surface area contributed by atoms with Gasteiger partial charge >= 0.3 is 0 Å². The van der Waals surface area contributed by atoms with Crippen LogP contribution in [0.5, 0.6) is 0 Å². The number of nitrogens with one attached hydrogen (secondary N) is 1. The van der Waals surface area contributed by atoms with E-state index in [1.165, 1.54) is 23.1 Å². The molecule has 8 heteroatoms. The number of nitrogens with zero attached hydrogens (tertiary/aromatic N) is 2. The molecule has 3 N–H and O–H groups in total. The summed E-state index contributed by atoms with van der Waals surface area (Å²) in [4.78, 5) is 11.8. The molecule has 5 nitrogen and oxygen atoms in total. The highest BCUT2D eigenvalue weighted by Gasteiger charge is 2.08. The van der Waals surface area contributed by atoms with Gasteiger partial charge in [0, 0.05) is 10.2 Å². The number of rotatable bonds is 4. The summed E-state index contributed by atoms with van der Waals surface area (Å²) in [7, 11) is 0. The Hall–Kier alpha value is -1.12. The first-order valence-corrected chi connectivity index (χ1v) is 7.92. The second-order valence-corrected chi connectivity index (χ2v) is 6.92. The van der Waals surface area contributed by atoms with Gasteiger partial charge in [-0.25, -0.2) is 0 Å². The SMILES string of the molecule is Cc1nnc(SCC(=O)Nc2ccc(N)cc2Br)s1. The average molecular weight is 359 g/mol. The minimum Gasteiger partial charge on any atom is -0.399 e. The van der Waals surface area contributed by atoms with Crippen LogP contribution in [0, 0.1) is 6.92 Å². The predicted octanol–water partition coefficient (Wildman–Crippen LogP) is 2.92. The fourth-order valence-electron chi connectivity index (χ4n) is 1.28. The highest BCUT2D eigenvalue weighted by molar-refractivity contribution is 9.10. The molecule has 2 aromatic rings. The van der Waals surface area contributed by atoms with E-state index in [4.69, 9.17) is 5.73 Å². The van der Waals surface area contributed by atoms with E-state index in [0.29, 0.717) is 17.1 Å². The second-order valence-electron chi connectivity index (χ2n) is 3.66. The van der Waals surface area contributed by atoms with Crippen LogP contribution in [0.25, 0.3) is 0 Å². The summed E-state index contributed by atoms with van der Waals surface area (Å²) in [6.07, 6.45) is 0. The van der Waals surface area contributed by atoms with Crippen LogP contribution in [0.3, 0.4) is 0 Å². The molecule has 0 spiro atoms. The van der Waals surface area contributed by atoms with Crippen LogP contribution >= 0.6 is 39.0 Å². The minimum atomic E-state index is -0.0941.